The van der Waals surface area contributed by atoms with E-state index in [0.29, 0.717) is 29.0 Å². The molecule has 2 atom stereocenters. The molecule has 0 saturated heterocycles. The molecule has 0 aromatic heterocycles. The van der Waals surface area contributed by atoms with Crippen molar-refractivity contribution in [2.75, 3.05) is 23.8 Å². The van der Waals surface area contributed by atoms with Crippen molar-refractivity contribution in [3.63, 3.8) is 0 Å². The highest BCUT2D eigenvalue weighted by molar-refractivity contribution is 5.98. The first-order valence-electron chi connectivity index (χ1n) is 15.8. The second kappa shape index (κ2) is 17.6. The summed E-state index contributed by atoms with van der Waals surface area (Å²) in [6, 6.07) is 17.2. The van der Waals surface area contributed by atoms with Crippen LogP contribution in [-0.2, 0) is 21.9 Å². The van der Waals surface area contributed by atoms with E-state index >= 15 is 0 Å². The molecule has 2 amide bonds. The van der Waals surface area contributed by atoms with Gasteiger partial charge in [0.1, 0.15) is 30.5 Å². The highest BCUT2D eigenvalue weighted by Crippen LogP contribution is 2.39. The van der Waals surface area contributed by atoms with Crippen LogP contribution in [0.25, 0.3) is 9.69 Å². The third-order valence-corrected chi connectivity index (χ3v) is 7.51. The molecular formula is C38H30F7N5O6. The van der Waals surface area contributed by atoms with Crippen LogP contribution in [0.15, 0.2) is 78.9 Å². The summed E-state index contributed by atoms with van der Waals surface area (Å²) in [5.74, 6) is -2.15. The summed E-state index contributed by atoms with van der Waals surface area (Å²) in [7, 11) is 0. The van der Waals surface area contributed by atoms with Crippen molar-refractivity contribution in [2.24, 2.45) is 0 Å². The molecule has 0 fully saturated rings. The summed E-state index contributed by atoms with van der Waals surface area (Å²) in [5, 5.41) is 33.6. The summed E-state index contributed by atoms with van der Waals surface area (Å²) in [4.78, 5) is 30.1. The summed E-state index contributed by atoms with van der Waals surface area (Å²) in [6.45, 7) is 16.4. The first kappa shape index (κ1) is 43.7. The van der Waals surface area contributed by atoms with Crippen molar-refractivity contribution >= 4 is 34.6 Å². The van der Waals surface area contributed by atoms with Gasteiger partial charge in [-0.15, -0.1) is 0 Å². The van der Waals surface area contributed by atoms with Crippen LogP contribution in [0.3, 0.4) is 0 Å². The lowest BCUT2D eigenvalue weighted by atomic mass is 10.1. The number of hydrogen-bond acceptors (Lipinski definition) is 7. The van der Waals surface area contributed by atoms with Crippen molar-refractivity contribution in [1.82, 2.24) is 0 Å². The number of carbonyl (C=O) groups excluding carboxylic acids is 2. The molecule has 0 unspecified atom stereocenters. The van der Waals surface area contributed by atoms with Crippen molar-refractivity contribution in [1.29, 1.82) is 5.26 Å². The van der Waals surface area contributed by atoms with E-state index in [-0.39, 0.29) is 17.1 Å². The number of nitriles is 1. The number of rotatable bonds is 10. The molecule has 11 nitrogen and oxygen atoms in total. The smallest absolute Gasteiger partial charge is 0.407 e. The molecule has 0 spiro atoms. The van der Waals surface area contributed by atoms with Crippen molar-refractivity contribution in [3.8, 4) is 17.6 Å². The number of nitrogens with one attached hydrogen (secondary N) is 2. The average molecular weight is 786 g/mol. The number of hydrogen-bond donors (Lipinski definition) is 4. The Hall–Kier alpha value is -6.68. The van der Waals surface area contributed by atoms with Crippen LogP contribution in [0.1, 0.15) is 36.1 Å². The van der Waals surface area contributed by atoms with Gasteiger partial charge in [0.25, 0.3) is 11.8 Å². The van der Waals surface area contributed by atoms with E-state index in [4.69, 9.17) is 27.9 Å². The van der Waals surface area contributed by atoms with Gasteiger partial charge < -0.3 is 30.3 Å². The van der Waals surface area contributed by atoms with E-state index < -0.39 is 76.9 Å². The number of nitrogens with zero attached hydrogens (tertiary/aromatic N) is 3. The molecule has 0 bridgehead atoms. The number of carbonyl (C=O) groups is 2. The van der Waals surface area contributed by atoms with Gasteiger partial charge in [-0.05, 0) is 80.9 Å². The first-order valence-corrected chi connectivity index (χ1v) is 15.8. The molecule has 0 aliphatic carbocycles. The first-order chi connectivity index (χ1) is 26.0. The number of aliphatic hydroxyl groups is 2. The highest BCUT2D eigenvalue weighted by Gasteiger charge is 2.37. The van der Waals surface area contributed by atoms with Gasteiger partial charge in [-0.2, -0.15) is 31.6 Å². The molecule has 0 aliphatic rings. The van der Waals surface area contributed by atoms with Crippen LogP contribution in [-0.4, -0.2) is 46.4 Å². The Morgan fingerprint density at radius 2 is 1.12 bits per heavy atom. The number of ether oxygens (including phenoxy) is 2. The molecule has 4 rings (SSSR count). The molecule has 0 heterocycles. The Kier molecular flexibility index (Phi) is 13.8. The normalized spacial score (nSPS) is 13.2. The molecule has 4 N–H and O–H groups in total. The molecule has 0 aliphatic heterocycles. The van der Waals surface area contributed by atoms with Gasteiger partial charge in [0, 0.05) is 17.4 Å². The van der Waals surface area contributed by atoms with E-state index in [0.717, 1.165) is 44.2 Å². The lowest BCUT2D eigenvalue weighted by molar-refractivity contribution is -0.137. The third kappa shape index (κ3) is 11.9. The quantitative estimate of drug-likeness (QED) is 0.0933. The monoisotopic (exact) mass is 785 g/mol. The Morgan fingerprint density at radius 1 is 0.714 bits per heavy atom. The van der Waals surface area contributed by atoms with E-state index in [9.17, 15) is 50.5 Å². The highest BCUT2D eigenvalue weighted by atomic mass is 19.4. The zero-order valence-electron chi connectivity index (χ0n) is 29.4. The summed E-state index contributed by atoms with van der Waals surface area (Å²) in [6.07, 6.45) is -9.54. The fourth-order valence-corrected chi connectivity index (χ4v) is 4.28. The Morgan fingerprint density at radius 3 is 1.50 bits per heavy atom. The standard InChI is InChI=1S/C19H16F4N2O3.C19H14F3N3O3/c1-11-4-6-13(9-15(11)20)28-10-18(2,27)17(26)25-12-5-7-16(24-3)14(8-12)19(21,22)23;1-18(27,11-28-14-6-3-12(10-23)4-7-14)17(26)25-13-5-8-16(24-2)15(9-13)19(20,21)22/h4-9,27H,10H2,1-2H3,(H,25,26);3-9,27H,11H2,1H3,(H,25,26)/t2*18-/m00/s1. The molecule has 0 saturated carbocycles. The second-order valence-corrected chi connectivity index (χ2v) is 12.3. The number of anilines is 2. The number of halogens is 7. The fourth-order valence-electron chi connectivity index (χ4n) is 4.28. The summed E-state index contributed by atoms with van der Waals surface area (Å²) < 4.78 is 102. The maximum atomic E-state index is 13.5. The van der Waals surface area contributed by atoms with Crippen LogP contribution < -0.4 is 20.1 Å². The van der Waals surface area contributed by atoms with Gasteiger partial charge in [0.05, 0.1) is 35.9 Å². The van der Waals surface area contributed by atoms with Crippen molar-refractivity contribution in [2.45, 2.75) is 44.3 Å². The van der Waals surface area contributed by atoms with E-state index in [1.54, 1.807) is 6.92 Å². The third-order valence-electron chi connectivity index (χ3n) is 7.51. The Bertz CT molecular complexity index is 2200. The predicted octanol–water partition coefficient (Wildman–Crippen LogP) is 8.37. The second-order valence-electron chi connectivity index (χ2n) is 12.3. The summed E-state index contributed by atoms with van der Waals surface area (Å²) in [5.41, 5.74) is -7.43. The molecule has 292 valence electrons. The minimum Gasteiger partial charge on any atom is -0.490 e. The van der Waals surface area contributed by atoms with Crippen LogP contribution in [0.2, 0.25) is 0 Å². The van der Waals surface area contributed by atoms with E-state index in [1.165, 1.54) is 36.4 Å². The maximum Gasteiger partial charge on any atom is 0.407 e. The Labute approximate surface area is 315 Å². The van der Waals surface area contributed by atoms with Gasteiger partial charge in [0.2, 0.25) is 0 Å². The van der Waals surface area contributed by atoms with Crippen LogP contribution in [0.4, 0.5) is 53.5 Å². The maximum absolute atomic E-state index is 13.5. The van der Waals surface area contributed by atoms with Gasteiger partial charge >= 0.3 is 12.4 Å². The fraction of sp³-hybridized carbons (Fsp3) is 0.237. The van der Waals surface area contributed by atoms with Gasteiger partial charge in [-0.1, -0.05) is 18.2 Å². The number of benzene rings is 4. The lowest BCUT2D eigenvalue weighted by Gasteiger charge is -2.23. The number of alkyl halides is 6. The predicted molar refractivity (Wildman–Crippen MR) is 187 cm³/mol. The minimum atomic E-state index is -4.78. The molecule has 4 aromatic rings. The van der Waals surface area contributed by atoms with Crippen molar-refractivity contribution in [3.05, 3.63) is 130 Å². The summed E-state index contributed by atoms with van der Waals surface area (Å²) >= 11 is 0. The van der Waals surface area contributed by atoms with Crippen molar-refractivity contribution < 1.29 is 60.0 Å². The Balaban J connectivity index is 0.000000300. The number of aryl methyl sites for hydroxylation is 1. The average Bonchev–Trinajstić information content (AvgIpc) is 3.14. The van der Waals surface area contributed by atoms with E-state index in [1.807, 2.05) is 6.07 Å². The molecule has 4 aromatic carbocycles. The minimum absolute atomic E-state index is 0.0805. The molecule has 0 radical (unpaired) electrons. The largest absolute Gasteiger partial charge is 0.490 e. The van der Waals surface area contributed by atoms with Gasteiger partial charge in [0.15, 0.2) is 22.6 Å². The molecular weight excluding hydrogens is 755 g/mol. The van der Waals surface area contributed by atoms with Crippen LogP contribution in [0, 0.1) is 37.2 Å². The van der Waals surface area contributed by atoms with Gasteiger partial charge in [-0.3, -0.25) is 9.59 Å². The molecule has 18 heteroatoms. The zero-order valence-corrected chi connectivity index (χ0v) is 29.4. The number of amides is 2. The topological polar surface area (TPSA) is 150 Å². The van der Waals surface area contributed by atoms with E-state index in [2.05, 4.69) is 20.3 Å². The van der Waals surface area contributed by atoms with Gasteiger partial charge in [-0.25, -0.2) is 14.1 Å². The SMILES string of the molecule is [C-]#[N+]c1ccc(NC(=O)[C@@](C)(O)COc2ccc(C#N)cc2)cc1C(F)(F)F.[C-]#[N+]c1ccc(NC(=O)[C@@](C)(O)COc2ccc(C)c(F)c2)cc1C(F)(F)F. The van der Waals surface area contributed by atoms with Crippen LogP contribution in [0.5, 0.6) is 11.5 Å². The zero-order chi connectivity index (χ0) is 42.1. The lowest BCUT2D eigenvalue weighted by Crippen LogP contribution is -2.45. The molecule has 56 heavy (non-hydrogen) atoms. The van der Waals surface area contributed by atoms with Crippen LogP contribution >= 0.6 is 0 Å².